The first-order valence-corrected chi connectivity index (χ1v) is 7.59. The molecule has 2 atom stereocenters. The number of nitrogens with one attached hydrogen (secondary N) is 2. The van der Waals surface area contributed by atoms with E-state index in [1.165, 1.54) is 0 Å². The highest BCUT2D eigenvalue weighted by Gasteiger charge is 2.30. The van der Waals surface area contributed by atoms with Crippen molar-refractivity contribution in [1.82, 2.24) is 10.6 Å². The Kier molecular flexibility index (Phi) is 8.60. The topological polar surface area (TPSA) is 114 Å². The number of ether oxygens (including phenoxy) is 2. The number of aliphatic hydroxyl groups excluding tert-OH is 1. The fourth-order valence-electron chi connectivity index (χ4n) is 1.65. The number of alkyl carbamates (subject to hydrolysis) is 1. The molecular weight excluding hydrogens is 304 g/mol. The molecule has 0 rings (SSSR count). The average Bonchev–Trinajstić information content (AvgIpc) is 2.39. The Labute approximate surface area is 136 Å². The van der Waals surface area contributed by atoms with Crippen LogP contribution >= 0.6 is 0 Å². The fraction of sp³-hybridized carbons (Fsp3) is 0.800. The largest absolute Gasteiger partial charge is 0.464 e. The van der Waals surface area contributed by atoms with Gasteiger partial charge in [-0.2, -0.15) is 0 Å². The molecule has 0 heterocycles. The molecule has 0 radical (unpaired) electrons. The second kappa shape index (κ2) is 9.34. The Morgan fingerprint density at radius 1 is 1.13 bits per heavy atom. The number of carbonyl (C=O) groups excluding carboxylic acids is 3. The van der Waals surface area contributed by atoms with Crippen LogP contribution in [0.4, 0.5) is 4.79 Å². The summed E-state index contributed by atoms with van der Waals surface area (Å²) in [5.41, 5.74) is -0.694. The van der Waals surface area contributed by atoms with Crippen molar-refractivity contribution in [2.24, 2.45) is 5.92 Å². The number of aliphatic hydroxyl groups is 1. The maximum atomic E-state index is 12.3. The number of carbonyl (C=O) groups is 3. The van der Waals surface area contributed by atoms with Gasteiger partial charge in [-0.15, -0.1) is 0 Å². The first-order valence-electron chi connectivity index (χ1n) is 7.59. The number of rotatable bonds is 7. The van der Waals surface area contributed by atoms with Crippen molar-refractivity contribution < 1.29 is 29.0 Å². The highest BCUT2D eigenvalue weighted by molar-refractivity contribution is 5.89. The van der Waals surface area contributed by atoms with Crippen molar-refractivity contribution >= 4 is 18.0 Å². The summed E-state index contributed by atoms with van der Waals surface area (Å²) < 4.78 is 9.87. The molecule has 8 nitrogen and oxygen atoms in total. The number of esters is 1. The average molecular weight is 332 g/mol. The quantitative estimate of drug-likeness (QED) is 0.588. The lowest BCUT2D eigenvalue weighted by atomic mass is 10.0. The number of hydrogen-bond donors (Lipinski definition) is 3. The van der Waals surface area contributed by atoms with E-state index in [-0.39, 0.29) is 12.5 Å². The second-order valence-electron chi connectivity index (χ2n) is 6.36. The van der Waals surface area contributed by atoms with Crippen LogP contribution in [0.3, 0.4) is 0 Å². The van der Waals surface area contributed by atoms with Gasteiger partial charge in [0.25, 0.3) is 0 Å². The predicted octanol–water partition coefficient (Wildman–Crippen LogP) is 0.576. The van der Waals surface area contributed by atoms with Crippen molar-refractivity contribution in [3.8, 4) is 0 Å². The van der Waals surface area contributed by atoms with E-state index in [0.29, 0.717) is 0 Å². The minimum atomic E-state index is -1.18. The zero-order chi connectivity index (χ0) is 18.2. The normalized spacial score (nSPS) is 13.9. The molecule has 23 heavy (non-hydrogen) atoms. The van der Waals surface area contributed by atoms with E-state index < -0.39 is 42.3 Å². The molecule has 8 heteroatoms. The molecule has 0 unspecified atom stereocenters. The van der Waals surface area contributed by atoms with Crippen LogP contribution in [0.25, 0.3) is 0 Å². The van der Waals surface area contributed by atoms with Crippen molar-refractivity contribution in [1.29, 1.82) is 0 Å². The van der Waals surface area contributed by atoms with E-state index in [0.717, 1.165) is 0 Å². The predicted molar refractivity (Wildman–Crippen MR) is 83.6 cm³/mol. The van der Waals surface area contributed by atoms with Gasteiger partial charge in [-0.25, -0.2) is 9.59 Å². The molecular formula is C15H28N2O6. The Bertz CT molecular complexity index is 417. The smallest absolute Gasteiger partial charge is 0.408 e. The molecule has 0 fully saturated rings. The summed E-state index contributed by atoms with van der Waals surface area (Å²) in [7, 11) is 0. The molecule has 2 amide bonds. The first kappa shape index (κ1) is 21.2. The Hall–Kier alpha value is -1.83. The van der Waals surface area contributed by atoms with Gasteiger partial charge in [0.2, 0.25) is 5.91 Å². The molecule has 0 bridgehead atoms. The van der Waals surface area contributed by atoms with Gasteiger partial charge < -0.3 is 25.2 Å². The van der Waals surface area contributed by atoms with Crippen molar-refractivity contribution in [3.05, 3.63) is 0 Å². The van der Waals surface area contributed by atoms with Crippen LogP contribution in [-0.4, -0.2) is 54.0 Å². The second-order valence-corrected chi connectivity index (χ2v) is 6.36. The molecule has 0 saturated heterocycles. The molecule has 3 N–H and O–H groups in total. The van der Waals surface area contributed by atoms with E-state index in [2.05, 4.69) is 10.6 Å². The molecule has 0 aliphatic heterocycles. The minimum absolute atomic E-state index is 0.134. The van der Waals surface area contributed by atoms with Gasteiger partial charge >= 0.3 is 12.1 Å². The lowest BCUT2D eigenvalue weighted by Crippen LogP contribution is -2.55. The molecule has 0 saturated carbocycles. The van der Waals surface area contributed by atoms with E-state index in [1.807, 2.05) is 0 Å². The van der Waals surface area contributed by atoms with Crippen LogP contribution in [0.5, 0.6) is 0 Å². The summed E-state index contributed by atoms with van der Waals surface area (Å²) in [6.45, 7) is 9.75. The van der Waals surface area contributed by atoms with Crippen molar-refractivity contribution in [2.75, 3.05) is 13.2 Å². The maximum absolute atomic E-state index is 12.3. The first-order chi connectivity index (χ1) is 10.5. The molecule has 0 aromatic heterocycles. The zero-order valence-corrected chi connectivity index (χ0v) is 14.6. The van der Waals surface area contributed by atoms with Gasteiger partial charge in [-0.3, -0.25) is 4.79 Å². The molecule has 0 aliphatic carbocycles. The fourth-order valence-corrected chi connectivity index (χ4v) is 1.65. The zero-order valence-electron chi connectivity index (χ0n) is 14.6. The van der Waals surface area contributed by atoms with E-state index in [9.17, 15) is 19.5 Å². The third-order valence-corrected chi connectivity index (χ3v) is 2.69. The van der Waals surface area contributed by atoms with Gasteiger partial charge in [0.1, 0.15) is 11.6 Å². The van der Waals surface area contributed by atoms with Gasteiger partial charge in [0.15, 0.2) is 6.04 Å². The molecule has 0 aromatic rings. The van der Waals surface area contributed by atoms with Gasteiger partial charge in [-0.05, 0) is 33.6 Å². The summed E-state index contributed by atoms with van der Waals surface area (Å²) >= 11 is 0. The molecule has 0 spiro atoms. The molecule has 134 valence electrons. The van der Waals surface area contributed by atoms with Crippen LogP contribution in [-0.2, 0) is 19.1 Å². The van der Waals surface area contributed by atoms with Crippen LogP contribution in [0.1, 0.15) is 41.5 Å². The van der Waals surface area contributed by atoms with Crippen LogP contribution < -0.4 is 10.6 Å². The van der Waals surface area contributed by atoms with E-state index >= 15 is 0 Å². The third kappa shape index (κ3) is 8.39. The van der Waals surface area contributed by atoms with Crippen molar-refractivity contribution in [2.45, 2.75) is 59.2 Å². The van der Waals surface area contributed by atoms with Crippen LogP contribution in [0.2, 0.25) is 0 Å². The minimum Gasteiger partial charge on any atom is -0.464 e. The highest BCUT2D eigenvalue weighted by atomic mass is 16.6. The number of hydrogen-bond acceptors (Lipinski definition) is 6. The third-order valence-electron chi connectivity index (χ3n) is 2.69. The lowest BCUT2D eigenvalue weighted by Gasteiger charge is -2.26. The summed E-state index contributed by atoms with van der Waals surface area (Å²) in [5, 5.41) is 14.0. The Morgan fingerprint density at radius 3 is 2.09 bits per heavy atom. The summed E-state index contributed by atoms with van der Waals surface area (Å²) in [6.07, 6.45) is -0.733. The van der Waals surface area contributed by atoms with Crippen LogP contribution in [0, 0.1) is 5.92 Å². The Balaban J connectivity index is 4.85. The molecule has 0 aromatic carbocycles. The standard InChI is InChI=1S/C15H28N2O6/c1-7-22-13(20)10(8-18)16-12(19)11(9(2)3)17-14(21)23-15(4,5)6/h9-11,18H,7-8H2,1-6H3,(H,16,19)(H,17,21)/t10-,11-/m0/s1. The van der Waals surface area contributed by atoms with Gasteiger partial charge in [-0.1, -0.05) is 13.8 Å². The monoisotopic (exact) mass is 332 g/mol. The summed E-state index contributed by atoms with van der Waals surface area (Å²) in [5.74, 6) is -1.58. The van der Waals surface area contributed by atoms with Crippen LogP contribution in [0.15, 0.2) is 0 Å². The van der Waals surface area contributed by atoms with Gasteiger partial charge in [0.05, 0.1) is 13.2 Å². The number of amides is 2. The lowest BCUT2D eigenvalue weighted by molar-refractivity contribution is -0.148. The maximum Gasteiger partial charge on any atom is 0.408 e. The van der Waals surface area contributed by atoms with Crippen molar-refractivity contribution in [3.63, 3.8) is 0 Å². The SMILES string of the molecule is CCOC(=O)[C@H](CO)NC(=O)[C@@H](NC(=O)OC(C)(C)C)C(C)C. The molecule has 0 aliphatic rings. The van der Waals surface area contributed by atoms with Gasteiger partial charge in [0, 0.05) is 0 Å². The summed E-state index contributed by atoms with van der Waals surface area (Å²) in [4.78, 5) is 35.7. The Morgan fingerprint density at radius 2 is 1.70 bits per heavy atom. The highest BCUT2D eigenvalue weighted by Crippen LogP contribution is 2.09. The summed E-state index contributed by atoms with van der Waals surface area (Å²) in [6, 6.07) is -2.09. The van der Waals surface area contributed by atoms with E-state index in [4.69, 9.17) is 9.47 Å². The van der Waals surface area contributed by atoms with E-state index in [1.54, 1.807) is 41.5 Å².